The van der Waals surface area contributed by atoms with Crippen molar-refractivity contribution in [3.8, 4) is 0 Å². The summed E-state index contributed by atoms with van der Waals surface area (Å²) in [6.07, 6.45) is 14.0. The van der Waals surface area contributed by atoms with Crippen LogP contribution < -0.4 is 0 Å². The summed E-state index contributed by atoms with van der Waals surface area (Å²) in [6, 6.07) is 2.13. The highest BCUT2D eigenvalue weighted by Crippen LogP contribution is 2.30. The van der Waals surface area contributed by atoms with Gasteiger partial charge in [-0.15, -0.1) is 5.10 Å². The summed E-state index contributed by atoms with van der Waals surface area (Å²) in [5.74, 6) is 6.10. The molecule has 0 aliphatic heterocycles. The molecular formula is C81H142N20O2. The van der Waals surface area contributed by atoms with Crippen molar-refractivity contribution in [2.24, 2.45) is 63.4 Å². The number of hydrogen-bond acceptors (Lipinski definition) is 13. The Kier molecular flexibility index (Phi) is 39.1. The Labute approximate surface area is 623 Å². The van der Waals surface area contributed by atoms with E-state index in [0.717, 1.165) is 39.8 Å². The van der Waals surface area contributed by atoms with E-state index in [2.05, 4.69) is 269 Å². The third-order valence-electron chi connectivity index (χ3n) is 17.3. The molecule has 0 spiro atoms. The maximum absolute atomic E-state index is 5.14. The molecule has 22 heteroatoms. The van der Waals surface area contributed by atoms with Gasteiger partial charge in [0.25, 0.3) is 0 Å². The largest absolute Gasteiger partial charge is 0.378 e. The van der Waals surface area contributed by atoms with E-state index in [-0.39, 0.29) is 5.41 Å². The van der Waals surface area contributed by atoms with Crippen LogP contribution in [0.15, 0.2) is 54.0 Å². The summed E-state index contributed by atoms with van der Waals surface area (Å²) in [5, 5.41) is 45.5. The average molecular weight is 1430 g/mol. The Bertz CT molecular complexity index is 3690. The standard InChI is InChI=1S/C10H17NO2.2C9H16N2.4C8H14N2.C7H13N3.2C7H12N2/c1-7-9(10(2,3)4)8(6-12-5)11-13-7;2*1-6(2)9-7(3)10-11(5)8(9)4;2*1-6(2)8-5-10(4)9-7(8)3;1-6(2)8-7(3)5-9-10(8)4;1-6(2)8-5-7(3)9-10(8)4;1-5(2)7-6(3)8-9-10(7)4;2*1-6(2)7-4-8-9(3)5-7/h6H2,1-5H3;2*6H,1-5H3;4*5-6H,1-4H3;5H,1-4H3;2*4-6H,1-3H3. The molecule has 103 heavy (non-hydrogen) atoms. The molecule has 0 atom stereocenters. The minimum Gasteiger partial charge on any atom is -0.378 e. The van der Waals surface area contributed by atoms with Crippen molar-refractivity contribution in [1.82, 2.24) is 98.4 Å². The predicted molar refractivity (Wildman–Crippen MR) is 427 cm³/mol. The smallest absolute Gasteiger partial charge is 0.137 e. The molecule has 0 radical (unpaired) electrons. The molecule has 10 rings (SSSR count). The number of aryl methyl sites for hydroxylation is 17. The molecule has 0 saturated heterocycles. The predicted octanol–water partition coefficient (Wildman–Crippen LogP) is 18.5. The van der Waals surface area contributed by atoms with Crippen molar-refractivity contribution >= 4 is 0 Å². The van der Waals surface area contributed by atoms with E-state index >= 15 is 0 Å². The molecule has 0 amide bonds. The lowest BCUT2D eigenvalue weighted by molar-refractivity contribution is 0.176. The van der Waals surface area contributed by atoms with Gasteiger partial charge < -0.3 is 9.26 Å². The van der Waals surface area contributed by atoms with Crippen molar-refractivity contribution < 1.29 is 9.26 Å². The molecule has 0 aromatic carbocycles. The van der Waals surface area contributed by atoms with Crippen LogP contribution in [0.3, 0.4) is 0 Å². The highest BCUT2D eigenvalue weighted by atomic mass is 16.5. The first kappa shape index (κ1) is 93.0. The summed E-state index contributed by atoms with van der Waals surface area (Å²) in [7, 11) is 19.3. The summed E-state index contributed by atoms with van der Waals surface area (Å²) in [6.45, 7) is 66.7. The van der Waals surface area contributed by atoms with Crippen LogP contribution in [0.4, 0.5) is 0 Å². The molecular weight excluding hydrogens is 1290 g/mol. The second-order valence-corrected chi connectivity index (χ2v) is 31.0. The van der Waals surface area contributed by atoms with Crippen molar-refractivity contribution in [2.45, 2.75) is 280 Å². The van der Waals surface area contributed by atoms with Gasteiger partial charge in [-0.05, 0) is 173 Å². The minimum absolute atomic E-state index is 0.0674. The Morgan fingerprint density at radius 3 is 1.00 bits per heavy atom. The van der Waals surface area contributed by atoms with Crippen LogP contribution in [0.2, 0.25) is 0 Å². The van der Waals surface area contributed by atoms with Crippen LogP contribution in [0.1, 0.15) is 317 Å². The number of aromatic nitrogens is 20. The molecule has 0 N–H and O–H groups in total. The molecule has 0 fully saturated rings. The van der Waals surface area contributed by atoms with E-state index < -0.39 is 0 Å². The van der Waals surface area contributed by atoms with Crippen LogP contribution in [0.25, 0.3) is 0 Å². The first-order valence-electron chi connectivity index (χ1n) is 36.8. The van der Waals surface area contributed by atoms with E-state index in [9.17, 15) is 0 Å². The zero-order valence-electron chi connectivity index (χ0n) is 72.3. The number of methoxy groups -OCH3 is 1. The molecule has 10 aromatic heterocycles. The second kappa shape index (κ2) is 43.3. The molecule has 0 unspecified atom stereocenters. The normalized spacial score (nSPS) is 11.0. The van der Waals surface area contributed by atoms with Crippen molar-refractivity contribution in [1.29, 1.82) is 0 Å². The molecule has 10 aromatic rings. The van der Waals surface area contributed by atoms with Crippen LogP contribution in [0.5, 0.6) is 0 Å². The summed E-state index contributed by atoms with van der Waals surface area (Å²) < 4.78 is 27.2. The van der Waals surface area contributed by atoms with Crippen LogP contribution in [0, 0.1) is 69.2 Å². The van der Waals surface area contributed by atoms with E-state index in [1.54, 1.807) is 7.11 Å². The Hall–Kier alpha value is -8.01. The third kappa shape index (κ3) is 30.3. The maximum atomic E-state index is 5.14. The number of ether oxygens (including phenoxy) is 1. The fourth-order valence-electron chi connectivity index (χ4n) is 12.5. The maximum Gasteiger partial charge on any atom is 0.137 e. The van der Waals surface area contributed by atoms with Gasteiger partial charge in [-0.3, -0.25) is 42.1 Å². The van der Waals surface area contributed by atoms with Crippen LogP contribution in [-0.2, 0) is 80.2 Å². The van der Waals surface area contributed by atoms with Gasteiger partial charge in [0, 0.05) is 124 Å². The highest BCUT2D eigenvalue weighted by molar-refractivity contribution is 5.30. The third-order valence-corrected chi connectivity index (χ3v) is 17.3. The number of rotatable bonds is 11. The van der Waals surface area contributed by atoms with Gasteiger partial charge in [0.1, 0.15) is 11.5 Å². The molecule has 0 saturated carbocycles. The van der Waals surface area contributed by atoms with E-state index in [1.165, 1.54) is 78.8 Å². The lowest BCUT2D eigenvalue weighted by Crippen LogP contribution is -2.14. The Morgan fingerprint density at radius 1 is 0.408 bits per heavy atom. The fraction of sp³-hybridized carbons (Fsp3) is 0.642. The topological polar surface area (TPSA) is 209 Å². The molecule has 578 valence electrons. The SMILES string of the molecule is CC(C)c1cnn(C)c1.CC(C)c1cnn(C)c1.COCc1noc(C)c1C(C)(C)C.Cc1cc(C(C)C)n(C)n1.Cc1cnn(C)c1C(C)C.Cc1nn(C)c(C)c1C(C)C.Cc1nn(C)c(C)c1C(C)C.Cc1nn(C)cc1C(C)C.Cc1nn(C)cc1C(C)C.Cc1nnn(C)c1C(C)C. The molecule has 22 nitrogen and oxygen atoms in total. The van der Waals surface area contributed by atoms with Gasteiger partial charge in [0.15, 0.2) is 0 Å². The Balaban J connectivity index is 0.000000573. The first-order valence-corrected chi connectivity index (χ1v) is 36.8. The van der Waals surface area contributed by atoms with E-state index in [0.29, 0.717) is 59.9 Å². The zero-order valence-corrected chi connectivity index (χ0v) is 72.3. The highest BCUT2D eigenvalue weighted by Gasteiger charge is 2.25. The van der Waals surface area contributed by atoms with Crippen molar-refractivity contribution in [2.75, 3.05) is 7.11 Å². The summed E-state index contributed by atoms with van der Waals surface area (Å²) in [5.41, 5.74) is 24.7. The second-order valence-electron chi connectivity index (χ2n) is 31.0. The van der Waals surface area contributed by atoms with Crippen LogP contribution in [-0.4, -0.2) is 106 Å². The summed E-state index contributed by atoms with van der Waals surface area (Å²) >= 11 is 0. The zero-order chi connectivity index (χ0) is 79.6. The minimum atomic E-state index is 0.0674. The van der Waals surface area contributed by atoms with Crippen molar-refractivity contribution in [3.05, 3.63) is 168 Å². The van der Waals surface area contributed by atoms with Gasteiger partial charge in [-0.2, -0.15) is 40.8 Å². The van der Waals surface area contributed by atoms with Crippen molar-refractivity contribution in [3.63, 3.8) is 0 Å². The van der Waals surface area contributed by atoms with Gasteiger partial charge in [0.05, 0.1) is 65.1 Å². The van der Waals surface area contributed by atoms with Gasteiger partial charge in [0.2, 0.25) is 0 Å². The fourth-order valence-corrected chi connectivity index (χ4v) is 12.5. The lowest BCUT2D eigenvalue weighted by Gasteiger charge is -2.18. The lowest BCUT2D eigenvalue weighted by atomic mass is 9.85. The van der Waals surface area contributed by atoms with Crippen LogP contribution >= 0.6 is 0 Å². The molecule has 0 bridgehead atoms. The quantitative estimate of drug-likeness (QED) is 0.118. The van der Waals surface area contributed by atoms with E-state index in [1.807, 2.05) is 157 Å². The van der Waals surface area contributed by atoms with Gasteiger partial charge in [-0.1, -0.05) is 156 Å². The average Bonchev–Trinajstić information content (AvgIpc) is 1.69. The van der Waals surface area contributed by atoms with Gasteiger partial charge in [-0.25, -0.2) is 0 Å². The first-order chi connectivity index (χ1) is 47.5. The molecule has 0 aliphatic carbocycles. The van der Waals surface area contributed by atoms with E-state index in [4.69, 9.17) is 9.26 Å². The number of hydrogen-bond donors (Lipinski definition) is 0. The molecule has 0 aliphatic rings. The van der Waals surface area contributed by atoms with Gasteiger partial charge >= 0.3 is 0 Å². The monoisotopic (exact) mass is 1430 g/mol. The Morgan fingerprint density at radius 2 is 0.825 bits per heavy atom. The summed E-state index contributed by atoms with van der Waals surface area (Å²) in [4.78, 5) is 0. The molecule has 10 heterocycles. The number of nitrogens with zero attached hydrogens (tertiary/aromatic N) is 20.